The van der Waals surface area contributed by atoms with E-state index in [1.807, 2.05) is 42.5 Å². The molecule has 1 heterocycles. The molecular formula is C21H24ClN3O3. The maximum absolute atomic E-state index is 12.5. The van der Waals surface area contributed by atoms with Gasteiger partial charge in [0.1, 0.15) is 12.1 Å². The van der Waals surface area contributed by atoms with E-state index in [9.17, 15) is 9.59 Å². The van der Waals surface area contributed by atoms with E-state index in [2.05, 4.69) is 9.80 Å². The maximum Gasteiger partial charge on any atom is 0.327 e. The van der Waals surface area contributed by atoms with E-state index in [1.165, 1.54) is 7.11 Å². The van der Waals surface area contributed by atoms with Crippen molar-refractivity contribution in [3.63, 3.8) is 0 Å². The van der Waals surface area contributed by atoms with Crippen molar-refractivity contribution in [3.8, 4) is 0 Å². The summed E-state index contributed by atoms with van der Waals surface area (Å²) in [5.74, 6) is -0.688. The van der Waals surface area contributed by atoms with E-state index >= 15 is 0 Å². The molecule has 148 valence electrons. The first-order valence-corrected chi connectivity index (χ1v) is 9.54. The van der Waals surface area contributed by atoms with Crippen molar-refractivity contribution in [2.75, 3.05) is 33.3 Å². The van der Waals surface area contributed by atoms with Gasteiger partial charge in [-0.15, -0.1) is 0 Å². The number of amides is 1. The summed E-state index contributed by atoms with van der Waals surface area (Å²) < 4.78 is 5.03. The number of nitrogens with zero attached hydrogens (tertiary/aromatic N) is 2. The third-order valence-electron chi connectivity index (χ3n) is 5.07. The predicted molar refractivity (Wildman–Crippen MR) is 108 cm³/mol. The molecule has 6 nitrogen and oxygen atoms in total. The molecule has 0 bridgehead atoms. The number of carbonyl (C=O) groups excluding carboxylic acids is 2. The Hall–Kier alpha value is -2.41. The van der Waals surface area contributed by atoms with Gasteiger partial charge in [0.05, 0.1) is 7.11 Å². The van der Waals surface area contributed by atoms with Crippen molar-refractivity contribution >= 4 is 23.5 Å². The predicted octanol–water partition coefficient (Wildman–Crippen LogP) is 2.40. The molecule has 2 N–H and O–H groups in total. The van der Waals surface area contributed by atoms with Crippen molar-refractivity contribution in [1.29, 1.82) is 0 Å². The highest BCUT2D eigenvalue weighted by Gasteiger charge is 2.34. The average molecular weight is 402 g/mol. The van der Waals surface area contributed by atoms with Crippen LogP contribution in [0.25, 0.3) is 0 Å². The molecule has 0 spiro atoms. The number of nitrogens with two attached hydrogens (primary N) is 1. The topological polar surface area (TPSA) is 75.9 Å². The lowest BCUT2D eigenvalue weighted by Gasteiger charge is -2.40. The molecule has 0 aromatic heterocycles. The van der Waals surface area contributed by atoms with Gasteiger partial charge in [0.25, 0.3) is 0 Å². The maximum atomic E-state index is 12.5. The minimum absolute atomic E-state index is 0.315. The standard InChI is InChI=1S/C21H24ClN3O3/c1-28-21(27)19(16-7-9-17(22)10-8-16)25-13-11-24(12-14-25)18(20(23)26)15-5-3-2-4-6-15/h2-10,18-19H,11-14H2,1H3,(H2,23,26)/t18-,19-/m1/s1. The molecule has 1 saturated heterocycles. The number of rotatable bonds is 6. The Labute approximate surface area is 169 Å². The summed E-state index contributed by atoms with van der Waals surface area (Å²) in [5, 5.41) is 0.615. The molecule has 1 amide bonds. The fourth-order valence-electron chi connectivity index (χ4n) is 3.70. The number of methoxy groups -OCH3 is 1. The summed E-state index contributed by atoms with van der Waals surface area (Å²) in [5.41, 5.74) is 7.40. The molecule has 0 saturated carbocycles. The summed E-state index contributed by atoms with van der Waals surface area (Å²) in [6.07, 6.45) is 0. The number of ether oxygens (including phenoxy) is 1. The zero-order valence-electron chi connectivity index (χ0n) is 15.8. The fraction of sp³-hybridized carbons (Fsp3) is 0.333. The van der Waals surface area contributed by atoms with Crippen LogP contribution in [0.5, 0.6) is 0 Å². The molecule has 2 atom stereocenters. The average Bonchev–Trinajstić information content (AvgIpc) is 2.71. The summed E-state index contributed by atoms with van der Waals surface area (Å²) in [4.78, 5) is 28.7. The van der Waals surface area contributed by atoms with Gasteiger partial charge in [-0.2, -0.15) is 0 Å². The monoisotopic (exact) mass is 401 g/mol. The molecule has 2 aromatic carbocycles. The SMILES string of the molecule is COC(=O)[C@@H](c1ccc(Cl)cc1)N1CCN([C@@H](C(N)=O)c2ccccc2)CC1. The minimum atomic E-state index is -0.506. The van der Waals surface area contributed by atoms with Crippen LogP contribution in [-0.2, 0) is 14.3 Å². The van der Waals surface area contributed by atoms with E-state index in [0.29, 0.717) is 31.2 Å². The summed E-state index contributed by atoms with van der Waals surface area (Å²) in [7, 11) is 1.39. The fourth-order valence-corrected chi connectivity index (χ4v) is 3.82. The third kappa shape index (κ3) is 4.52. The molecule has 1 aliphatic rings. The first kappa shape index (κ1) is 20.3. The Morgan fingerprint density at radius 3 is 1.89 bits per heavy atom. The first-order valence-electron chi connectivity index (χ1n) is 9.17. The molecule has 1 aliphatic heterocycles. The summed E-state index contributed by atoms with van der Waals surface area (Å²) >= 11 is 5.98. The van der Waals surface area contributed by atoms with Crippen molar-refractivity contribution in [3.05, 3.63) is 70.7 Å². The Balaban J connectivity index is 1.75. The highest BCUT2D eigenvalue weighted by molar-refractivity contribution is 6.30. The third-order valence-corrected chi connectivity index (χ3v) is 5.33. The molecule has 0 aliphatic carbocycles. The quantitative estimate of drug-likeness (QED) is 0.752. The lowest BCUT2D eigenvalue weighted by Crippen LogP contribution is -2.52. The van der Waals surface area contributed by atoms with Crippen molar-refractivity contribution in [2.24, 2.45) is 5.73 Å². The molecule has 28 heavy (non-hydrogen) atoms. The minimum Gasteiger partial charge on any atom is -0.468 e. The van der Waals surface area contributed by atoms with E-state index in [1.54, 1.807) is 12.1 Å². The highest BCUT2D eigenvalue weighted by atomic mass is 35.5. The first-order chi connectivity index (χ1) is 13.5. The molecule has 0 unspecified atom stereocenters. The van der Waals surface area contributed by atoms with Gasteiger partial charge in [0, 0.05) is 31.2 Å². The van der Waals surface area contributed by atoms with Crippen LogP contribution < -0.4 is 5.73 Å². The molecule has 1 fully saturated rings. The highest BCUT2D eigenvalue weighted by Crippen LogP contribution is 2.28. The Morgan fingerprint density at radius 1 is 0.893 bits per heavy atom. The number of hydrogen-bond donors (Lipinski definition) is 1. The van der Waals surface area contributed by atoms with Gasteiger partial charge in [-0.3, -0.25) is 14.6 Å². The van der Waals surface area contributed by atoms with E-state index in [-0.39, 0.29) is 11.9 Å². The van der Waals surface area contributed by atoms with Crippen LogP contribution in [0.4, 0.5) is 0 Å². The second-order valence-corrected chi connectivity index (χ2v) is 7.20. The number of piperazine rings is 1. The van der Waals surface area contributed by atoms with Crippen LogP contribution in [0.15, 0.2) is 54.6 Å². The Morgan fingerprint density at radius 2 is 1.39 bits per heavy atom. The normalized spacial score (nSPS) is 17.6. The lowest BCUT2D eigenvalue weighted by molar-refractivity contribution is -0.148. The van der Waals surface area contributed by atoms with Crippen LogP contribution in [0.2, 0.25) is 5.02 Å². The van der Waals surface area contributed by atoms with Gasteiger partial charge < -0.3 is 10.5 Å². The second kappa shape index (κ2) is 9.19. The van der Waals surface area contributed by atoms with Crippen LogP contribution in [0.1, 0.15) is 23.2 Å². The van der Waals surface area contributed by atoms with Gasteiger partial charge in [-0.1, -0.05) is 54.1 Å². The van der Waals surface area contributed by atoms with Gasteiger partial charge in [0.2, 0.25) is 5.91 Å². The zero-order chi connectivity index (χ0) is 20.1. The summed E-state index contributed by atoms with van der Waals surface area (Å²) in [6, 6.07) is 15.8. The zero-order valence-corrected chi connectivity index (χ0v) is 16.5. The number of esters is 1. The smallest absolute Gasteiger partial charge is 0.327 e. The summed E-state index contributed by atoms with van der Waals surface area (Å²) in [6.45, 7) is 2.45. The van der Waals surface area contributed by atoms with E-state index < -0.39 is 12.1 Å². The van der Waals surface area contributed by atoms with Crippen molar-refractivity contribution in [1.82, 2.24) is 9.80 Å². The number of halogens is 1. The van der Waals surface area contributed by atoms with Gasteiger partial charge in [0.15, 0.2) is 0 Å². The van der Waals surface area contributed by atoms with Crippen LogP contribution in [-0.4, -0.2) is 55.0 Å². The Kier molecular flexibility index (Phi) is 6.67. The lowest BCUT2D eigenvalue weighted by atomic mass is 10.0. The van der Waals surface area contributed by atoms with Gasteiger partial charge in [-0.05, 0) is 23.3 Å². The second-order valence-electron chi connectivity index (χ2n) is 6.76. The van der Waals surface area contributed by atoms with Gasteiger partial charge >= 0.3 is 5.97 Å². The molecule has 3 rings (SSSR count). The van der Waals surface area contributed by atoms with Crippen LogP contribution in [0, 0.1) is 0 Å². The molecule has 0 radical (unpaired) electrons. The Bertz CT molecular complexity index is 805. The molecular weight excluding hydrogens is 378 g/mol. The number of benzene rings is 2. The number of primary amides is 1. The van der Waals surface area contributed by atoms with Crippen molar-refractivity contribution < 1.29 is 14.3 Å². The largest absolute Gasteiger partial charge is 0.468 e. The van der Waals surface area contributed by atoms with Crippen LogP contribution >= 0.6 is 11.6 Å². The van der Waals surface area contributed by atoms with E-state index in [0.717, 1.165) is 11.1 Å². The van der Waals surface area contributed by atoms with E-state index in [4.69, 9.17) is 22.1 Å². The number of hydrogen-bond acceptors (Lipinski definition) is 5. The molecule has 2 aromatic rings. The van der Waals surface area contributed by atoms with Gasteiger partial charge in [-0.25, -0.2) is 4.79 Å². The molecule has 7 heteroatoms. The van der Waals surface area contributed by atoms with Crippen molar-refractivity contribution in [2.45, 2.75) is 12.1 Å². The number of carbonyl (C=O) groups is 2. The van der Waals surface area contributed by atoms with Crippen LogP contribution in [0.3, 0.4) is 0 Å².